The molecule has 1 aromatic rings. The normalized spacial score (nSPS) is 10.7. The van der Waals surface area contributed by atoms with Gasteiger partial charge in [-0.25, -0.2) is 4.79 Å². The molecule has 0 aromatic heterocycles. The van der Waals surface area contributed by atoms with Crippen LogP contribution in [0.1, 0.15) is 5.56 Å². The van der Waals surface area contributed by atoms with Gasteiger partial charge in [0.15, 0.2) is 0 Å². The molecule has 3 N–H and O–H groups in total. The van der Waals surface area contributed by atoms with Gasteiger partial charge < -0.3 is 10.2 Å². The Morgan fingerprint density at radius 2 is 1.65 bits per heavy atom. The molecule has 0 saturated heterocycles. The first-order valence-electron chi connectivity index (χ1n) is 5.27. The van der Waals surface area contributed by atoms with E-state index in [1.807, 2.05) is 6.07 Å². The zero-order valence-corrected chi connectivity index (χ0v) is 13.3. The van der Waals surface area contributed by atoms with Crippen molar-refractivity contribution >= 4 is 31.6 Å². The first-order valence-corrected chi connectivity index (χ1v) is 13.8. The summed E-state index contributed by atoms with van der Waals surface area (Å²) in [7, 11) is 0. The Morgan fingerprint density at radius 3 is 2.06 bits per heavy atom. The number of aliphatic hydroxyl groups excluding tert-OH is 1. The van der Waals surface area contributed by atoms with Gasteiger partial charge in [-0.15, -0.1) is 0 Å². The van der Waals surface area contributed by atoms with Crippen molar-refractivity contribution in [2.45, 2.75) is 14.8 Å². The molecule has 0 spiro atoms. The van der Waals surface area contributed by atoms with Crippen molar-refractivity contribution in [2.75, 3.05) is 6.54 Å². The standard InChI is InChI=1S/C9H9NO3.3CH3.Sn/c11-8(12)6-10-9(13)7-4-2-1-3-5-7;;;;/h1-5H,6H2,(H,10,13)(H,11,12);3*1H3;/p+1. The second-order valence-electron chi connectivity index (χ2n) is 3.96. The second kappa shape index (κ2) is 9.04. The zero-order valence-electron chi connectivity index (χ0n) is 10.4. The predicted molar refractivity (Wildman–Crippen MR) is 70.0 cm³/mol. The number of carboxylic acid groups (broad SMARTS) is 1. The minimum absolute atomic E-state index is 0.122. The van der Waals surface area contributed by atoms with Crippen LogP contribution in [0.4, 0.5) is 0 Å². The number of hydrogen-bond donors (Lipinski definition) is 3. The number of rotatable bonds is 3. The molecular formula is C12H19NO3Sn+. The number of aliphatic carboxylic acids is 1. The molecule has 0 aliphatic heterocycles. The molecule has 0 atom stereocenters. The molecule has 1 rings (SSSR count). The third-order valence-electron chi connectivity index (χ3n) is 1.45. The maximum atomic E-state index is 10.1. The van der Waals surface area contributed by atoms with Crippen LogP contribution >= 0.6 is 0 Å². The van der Waals surface area contributed by atoms with Gasteiger partial charge >= 0.3 is 46.4 Å². The summed E-state index contributed by atoms with van der Waals surface area (Å²) in [5, 5.41) is 17.6. The van der Waals surface area contributed by atoms with Crippen LogP contribution in [-0.4, -0.2) is 48.4 Å². The SMILES string of the molecule is O=C(O)C[NH+]=C(O)c1ccccc1.[CH3][Sn]([CH3])[CH3]. The summed E-state index contributed by atoms with van der Waals surface area (Å²) in [6.45, 7) is -0.291. The Hall–Kier alpha value is -1.04. The Labute approximate surface area is 109 Å². The average Bonchev–Trinajstić information content (AvgIpc) is 2.26. The van der Waals surface area contributed by atoms with E-state index < -0.39 is 25.7 Å². The molecule has 93 valence electrons. The fourth-order valence-corrected chi connectivity index (χ4v) is 0.857. The first kappa shape index (κ1) is 16.0. The van der Waals surface area contributed by atoms with Crippen molar-refractivity contribution in [2.24, 2.45) is 0 Å². The van der Waals surface area contributed by atoms with E-state index in [9.17, 15) is 9.90 Å². The number of nitrogens with one attached hydrogen (secondary N) is 1. The number of hydrogen-bond acceptors (Lipinski definition) is 1. The van der Waals surface area contributed by atoms with E-state index in [0.29, 0.717) is 5.56 Å². The molecule has 0 aliphatic carbocycles. The molecule has 0 heterocycles. The fourth-order valence-electron chi connectivity index (χ4n) is 0.857. The van der Waals surface area contributed by atoms with Crippen molar-refractivity contribution in [3.63, 3.8) is 0 Å². The van der Waals surface area contributed by atoms with Gasteiger partial charge in [0.2, 0.25) is 6.54 Å². The molecule has 1 aromatic carbocycles. The molecule has 0 aliphatic rings. The topological polar surface area (TPSA) is 71.5 Å². The number of benzene rings is 1. The van der Waals surface area contributed by atoms with E-state index in [1.54, 1.807) is 24.3 Å². The van der Waals surface area contributed by atoms with E-state index in [4.69, 9.17) is 5.11 Å². The van der Waals surface area contributed by atoms with Gasteiger partial charge in [0, 0.05) is 0 Å². The Morgan fingerprint density at radius 1 is 1.18 bits per heavy atom. The van der Waals surface area contributed by atoms with Crippen molar-refractivity contribution < 1.29 is 20.0 Å². The summed E-state index contributed by atoms with van der Waals surface area (Å²) in [5.74, 6) is -1.13. The summed E-state index contributed by atoms with van der Waals surface area (Å²) in [6.07, 6.45) is 0. The summed E-state index contributed by atoms with van der Waals surface area (Å²) in [4.78, 5) is 19.6. The zero-order chi connectivity index (χ0) is 13.3. The fraction of sp³-hybridized carbons (Fsp3) is 0.333. The van der Waals surface area contributed by atoms with Crippen LogP contribution in [0, 0.1) is 0 Å². The van der Waals surface area contributed by atoms with Crippen LogP contribution in [0.15, 0.2) is 30.3 Å². The average molecular weight is 344 g/mol. The quantitative estimate of drug-likeness (QED) is 0.426. The van der Waals surface area contributed by atoms with Crippen LogP contribution in [0.3, 0.4) is 0 Å². The molecular weight excluding hydrogens is 325 g/mol. The Kier molecular flexibility index (Phi) is 8.48. The molecule has 1 radical (unpaired) electrons. The van der Waals surface area contributed by atoms with E-state index >= 15 is 0 Å². The third kappa shape index (κ3) is 9.86. The van der Waals surface area contributed by atoms with Crippen LogP contribution < -0.4 is 4.99 Å². The molecule has 5 heteroatoms. The third-order valence-corrected chi connectivity index (χ3v) is 1.45. The van der Waals surface area contributed by atoms with Gasteiger partial charge in [-0.1, -0.05) is 18.2 Å². The van der Waals surface area contributed by atoms with Crippen molar-refractivity contribution in [3.8, 4) is 0 Å². The van der Waals surface area contributed by atoms with Crippen molar-refractivity contribution in [1.29, 1.82) is 0 Å². The van der Waals surface area contributed by atoms with Gasteiger partial charge in [-0.3, -0.25) is 0 Å². The molecule has 0 unspecified atom stereocenters. The number of aliphatic hydroxyl groups is 1. The van der Waals surface area contributed by atoms with E-state index in [2.05, 4.69) is 19.8 Å². The summed E-state index contributed by atoms with van der Waals surface area (Å²) in [5.41, 5.74) is 0.573. The van der Waals surface area contributed by atoms with Crippen LogP contribution in [0.2, 0.25) is 14.8 Å². The van der Waals surface area contributed by atoms with Gasteiger partial charge in [-0.05, 0) is 12.1 Å². The number of carbonyl (C=O) groups is 1. The molecule has 4 nitrogen and oxygen atoms in total. The first-order chi connectivity index (χ1) is 7.93. The summed E-state index contributed by atoms with van der Waals surface area (Å²) < 4.78 is 0. The Balaban J connectivity index is 0.000000557. The van der Waals surface area contributed by atoms with E-state index in [0.717, 1.165) is 0 Å². The van der Waals surface area contributed by atoms with E-state index in [1.165, 1.54) is 0 Å². The van der Waals surface area contributed by atoms with Crippen LogP contribution in [0.5, 0.6) is 0 Å². The Bertz CT molecular complexity index is 361. The predicted octanol–water partition coefficient (Wildman–Crippen LogP) is 0.527. The molecule has 17 heavy (non-hydrogen) atoms. The van der Waals surface area contributed by atoms with Crippen molar-refractivity contribution in [1.82, 2.24) is 0 Å². The van der Waals surface area contributed by atoms with Gasteiger partial charge in [0.05, 0.1) is 5.56 Å². The second-order valence-corrected chi connectivity index (χ2v) is 12.5. The van der Waals surface area contributed by atoms with Gasteiger partial charge in [0.1, 0.15) is 0 Å². The maximum absolute atomic E-state index is 10.1. The monoisotopic (exact) mass is 345 g/mol. The number of carboxylic acids is 1. The van der Waals surface area contributed by atoms with E-state index in [-0.39, 0.29) is 12.4 Å². The van der Waals surface area contributed by atoms with Gasteiger partial charge in [0.25, 0.3) is 0 Å². The molecule has 0 fully saturated rings. The summed E-state index contributed by atoms with van der Waals surface area (Å²) >= 11 is -0.543. The molecule has 0 bridgehead atoms. The van der Waals surface area contributed by atoms with Crippen LogP contribution in [0.25, 0.3) is 0 Å². The van der Waals surface area contributed by atoms with Crippen LogP contribution in [-0.2, 0) is 4.79 Å². The van der Waals surface area contributed by atoms with Crippen molar-refractivity contribution in [3.05, 3.63) is 35.9 Å². The minimum atomic E-state index is -1.01. The molecule has 0 amide bonds. The molecule has 0 saturated carbocycles. The van der Waals surface area contributed by atoms with Gasteiger partial charge in [-0.2, -0.15) is 4.99 Å². The summed E-state index contributed by atoms with van der Waals surface area (Å²) in [6, 6.07) is 8.70.